The van der Waals surface area contributed by atoms with Gasteiger partial charge in [0.1, 0.15) is 0 Å². The van der Waals surface area contributed by atoms with Gasteiger partial charge in [-0.15, -0.1) is 0 Å². The fraction of sp³-hybridized carbons (Fsp3) is 0.0667. The lowest BCUT2D eigenvalue weighted by Gasteiger charge is -2.14. The standard InChI is InChI=1S/C15H12O4S/c16-14(17)10-9-12-7-4-8-13(20(18)19)15(12)11-5-2-1-3-6-11/h1-7,9-10H,8H2,(H,16,17). The summed E-state index contributed by atoms with van der Waals surface area (Å²) in [6.45, 7) is 0. The first kappa shape index (κ1) is 14.0. The van der Waals surface area contributed by atoms with E-state index in [1.807, 2.05) is 18.2 Å². The molecule has 1 aliphatic rings. The summed E-state index contributed by atoms with van der Waals surface area (Å²) >= 11 is 0. The summed E-state index contributed by atoms with van der Waals surface area (Å²) in [4.78, 5) is 10.9. The highest BCUT2D eigenvalue weighted by atomic mass is 32.2. The molecule has 1 N–H and O–H groups in total. The molecule has 0 aliphatic heterocycles. The Balaban J connectivity index is 2.69. The zero-order chi connectivity index (χ0) is 14.5. The van der Waals surface area contributed by atoms with Crippen LogP contribution in [0.4, 0.5) is 0 Å². The Bertz CT molecular complexity index is 742. The van der Waals surface area contributed by atoms with Crippen LogP contribution in [-0.2, 0) is 15.1 Å². The van der Waals surface area contributed by atoms with Crippen LogP contribution >= 0.6 is 0 Å². The molecule has 0 aromatic heterocycles. The Kier molecular flexibility index (Phi) is 4.32. The number of carboxylic acids is 1. The predicted octanol–water partition coefficient (Wildman–Crippen LogP) is 2.09. The number of carboxylic acid groups (broad SMARTS) is 1. The topological polar surface area (TPSA) is 71.4 Å². The molecular weight excluding hydrogens is 276 g/mol. The van der Waals surface area contributed by atoms with Crippen LogP contribution in [0.25, 0.3) is 5.57 Å². The van der Waals surface area contributed by atoms with Gasteiger partial charge >= 0.3 is 5.97 Å². The van der Waals surface area contributed by atoms with Gasteiger partial charge in [-0.2, -0.15) is 8.42 Å². The van der Waals surface area contributed by atoms with Gasteiger partial charge in [0.2, 0.25) is 10.3 Å². The molecule has 0 spiro atoms. The minimum Gasteiger partial charge on any atom is -0.478 e. The maximum absolute atomic E-state index is 11.4. The third-order valence-corrected chi connectivity index (χ3v) is 3.61. The molecule has 0 fully saturated rings. The molecule has 5 heteroatoms. The van der Waals surface area contributed by atoms with E-state index in [9.17, 15) is 13.2 Å². The lowest BCUT2D eigenvalue weighted by Crippen LogP contribution is -2.08. The summed E-state index contributed by atoms with van der Waals surface area (Å²) < 4.78 is 22.8. The quantitative estimate of drug-likeness (QED) is 0.683. The third-order valence-electron chi connectivity index (χ3n) is 2.84. The molecule has 0 atom stereocenters. The Hall–Kier alpha value is -2.40. The summed E-state index contributed by atoms with van der Waals surface area (Å²) in [5, 5.41) is 8.71. The largest absolute Gasteiger partial charge is 0.478 e. The molecule has 0 heterocycles. The van der Waals surface area contributed by atoms with Crippen LogP contribution in [0.3, 0.4) is 0 Å². The molecule has 1 aromatic rings. The zero-order valence-corrected chi connectivity index (χ0v) is 11.3. The average Bonchev–Trinajstić information content (AvgIpc) is 2.45. The molecule has 20 heavy (non-hydrogen) atoms. The van der Waals surface area contributed by atoms with Gasteiger partial charge in [-0.25, -0.2) is 4.79 Å². The molecule has 0 radical (unpaired) electrons. The van der Waals surface area contributed by atoms with Crippen molar-refractivity contribution in [1.29, 1.82) is 0 Å². The minimum atomic E-state index is -2.34. The van der Waals surface area contributed by atoms with Crippen LogP contribution in [0, 0.1) is 0 Å². The summed E-state index contributed by atoms with van der Waals surface area (Å²) in [6, 6.07) is 9.06. The highest BCUT2D eigenvalue weighted by Gasteiger charge is 2.17. The first-order valence-corrected chi connectivity index (χ1v) is 7.00. The lowest BCUT2D eigenvalue weighted by atomic mass is 9.91. The first-order chi connectivity index (χ1) is 9.59. The molecule has 0 bridgehead atoms. The van der Waals surface area contributed by atoms with Gasteiger partial charge in [-0.1, -0.05) is 42.5 Å². The number of carbonyl (C=O) groups is 1. The van der Waals surface area contributed by atoms with Gasteiger partial charge in [-0.05, 0) is 17.2 Å². The number of rotatable bonds is 3. The molecule has 1 aliphatic carbocycles. The van der Waals surface area contributed by atoms with E-state index in [1.54, 1.807) is 24.3 Å². The van der Waals surface area contributed by atoms with Crippen molar-refractivity contribution in [3.8, 4) is 0 Å². The van der Waals surface area contributed by atoms with Gasteiger partial charge in [0.15, 0.2) is 0 Å². The Morgan fingerprint density at radius 3 is 2.50 bits per heavy atom. The van der Waals surface area contributed by atoms with Crippen LogP contribution < -0.4 is 0 Å². The van der Waals surface area contributed by atoms with E-state index >= 15 is 0 Å². The average molecular weight is 288 g/mol. The number of hydrogen-bond donors (Lipinski definition) is 1. The van der Waals surface area contributed by atoms with Crippen molar-refractivity contribution in [2.75, 3.05) is 0 Å². The second kappa shape index (κ2) is 6.16. The summed E-state index contributed by atoms with van der Waals surface area (Å²) in [6.07, 6.45) is 6.16. The first-order valence-electron chi connectivity index (χ1n) is 5.92. The van der Waals surface area contributed by atoms with E-state index in [1.165, 1.54) is 6.08 Å². The van der Waals surface area contributed by atoms with E-state index in [2.05, 4.69) is 0 Å². The lowest BCUT2D eigenvalue weighted by molar-refractivity contribution is -0.131. The van der Waals surface area contributed by atoms with Crippen LogP contribution in [0.2, 0.25) is 0 Å². The summed E-state index contributed by atoms with van der Waals surface area (Å²) in [5.41, 5.74) is 1.88. The van der Waals surface area contributed by atoms with Gasteiger partial charge in [0, 0.05) is 18.1 Å². The fourth-order valence-electron chi connectivity index (χ4n) is 2.02. The smallest absolute Gasteiger partial charge is 0.328 e. The van der Waals surface area contributed by atoms with Crippen LogP contribution in [0.1, 0.15) is 12.0 Å². The monoisotopic (exact) mass is 288 g/mol. The maximum Gasteiger partial charge on any atom is 0.328 e. The van der Waals surface area contributed by atoms with E-state index < -0.39 is 16.3 Å². The molecule has 1 aromatic carbocycles. The second-order valence-corrected chi connectivity index (χ2v) is 5.09. The van der Waals surface area contributed by atoms with E-state index in [0.717, 1.165) is 11.6 Å². The highest BCUT2D eigenvalue weighted by Crippen LogP contribution is 2.27. The Morgan fingerprint density at radius 1 is 1.20 bits per heavy atom. The normalized spacial score (nSPS) is 14.9. The van der Waals surface area contributed by atoms with Gasteiger partial charge in [0.05, 0.1) is 4.86 Å². The number of benzene rings is 1. The van der Waals surface area contributed by atoms with Crippen LogP contribution in [0.5, 0.6) is 0 Å². The van der Waals surface area contributed by atoms with Gasteiger partial charge in [0.25, 0.3) is 0 Å². The Labute approximate surface area is 117 Å². The minimum absolute atomic E-state index is 0.267. The number of allylic oxidation sites excluding steroid dienone is 5. The molecule has 0 saturated heterocycles. The zero-order valence-electron chi connectivity index (χ0n) is 10.5. The maximum atomic E-state index is 11.4. The van der Waals surface area contributed by atoms with Crippen molar-refractivity contribution in [2.24, 2.45) is 0 Å². The van der Waals surface area contributed by atoms with Crippen molar-refractivity contribution >= 4 is 26.7 Å². The van der Waals surface area contributed by atoms with Gasteiger partial charge < -0.3 is 5.11 Å². The summed E-state index contributed by atoms with van der Waals surface area (Å²) in [7, 11) is -2.34. The van der Waals surface area contributed by atoms with Crippen molar-refractivity contribution in [3.63, 3.8) is 0 Å². The molecular formula is C15H12O4S. The SMILES string of the molecule is O=C(O)C=CC1=C(c2ccccc2)C(=S(=O)=O)CC=C1. The third kappa shape index (κ3) is 3.13. The molecule has 0 unspecified atom stereocenters. The molecule has 2 rings (SSSR count). The van der Waals surface area contributed by atoms with Crippen LogP contribution in [-0.4, -0.2) is 24.4 Å². The molecule has 0 saturated carbocycles. The predicted molar refractivity (Wildman–Crippen MR) is 77.8 cm³/mol. The Morgan fingerprint density at radius 2 is 1.90 bits per heavy atom. The fourth-order valence-corrected chi connectivity index (χ4v) is 2.66. The number of hydrogen-bond acceptors (Lipinski definition) is 3. The second-order valence-electron chi connectivity index (χ2n) is 4.13. The number of aliphatic carboxylic acids is 1. The van der Waals surface area contributed by atoms with Crippen LogP contribution in [0.15, 0.2) is 60.2 Å². The summed E-state index contributed by atoms with van der Waals surface area (Å²) in [5.74, 6) is -1.08. The molecule has 102 valence electrons. The van der Waals surface area contributed by atoms with Crippen molar-refractivity contribution < 1.29 is 18.3 Å². The van der Waals surface area contributed by atoms with E-state index in [-0.39, 0.29) is 4.86 Å². The van der Waals surface area contributed by atoms with E-state index in [0.29, 0.717) is 17.6 Å². The molecule has 0 amide bonds. The van der Waals surface area contributed by atoms with E-state index in [4.69, 9.17) is 5.11 Å². The van der Waals surface area contributed by atoms with Gasteiger partial charge in [-0.3, -0.25) is 0 Å². The van der Waals surface area contributed by atoms with Crippen molar-refractivity contribution in [2.45, 2.75) is 6.42 Å². The molecule has 4 nitrogen and oxygen atoms in total. The van der Waals surface area contributed by atoms with Crippen molar-refractivity contribution in [3.05, 3.63) is 65.8 Å². The van der Waals surface area contributed by atoms with Crippen molar-refractivity contribution in [1.82, 2.24) is 0 Å². The highest BCUT2D eigenvalue weighted by molar-refractivity contribution is 7.74.